The van der Waals surface area contributed by atoms with E-state index >= 15 is 0 Å². The van der Waals surface area contributed by atoms with E-state index in [0.717, 1.165) is 0 Å². The molecule has 0 saturated carbocycles. The molecule has 0 N–H and O–H groups in total. The largest absolute Gasteiger partial charge is 0.573 e. The Bertz CT molecular complexity index is 360. The monoisotopic (exact) mass is 280 g/mol. The molecular formula is C10H8BrF3O. The van der Waals surface area contributed by atoms with Gasteiger partial charge in [0.2, 0.25) is 0 Å². The van der Waals surface area contributed by atoms with Crippen molar-refractivity contribution in [2.75, 3.05) is 5.33 Å². The minimum absolute atomic E-state index is 0.227. The van der Waals surface area contributed by atoms with Crippen LogP contribution in [0.5, 0.6) is 5.75 Å². The lowest BCUT2D eigenvalue weighted by atomic mass is 10.1. The second-order valence-electron chi connectivity index (χ2n) is 2.78. The molecular weight excluding hydrogens is 273 g/mol. The van der Waals surface area contributed by atoms with E-state index < -0.39 is 6.36 Å². The Balaban J connectivity index is 3.02. The molecule has 0 heterocycles. The fourth-order valence-corrected chi connectivity index (χ4v) is 1.35. The molecule has 0 bridgehead atoms. The van der Waals surface area contributed by atoms with Gasteiger partial charge in [-0.1, -0.05) is 40.7 Å². The third-order valence-electron chi connectivity index (χ3n) is 1.65. The summed E-state index contributed by atoms with van der Waals surface area (Å²) in [5.41, 5.74) is 0.890. The van der Waals surface area contributed by atoms with Crippen LogP contribution in [0.2, 0.25) is 0 Å². The maximum atomic E-state index is 12.0. The maximum absolute atomic E-state index is 12.0. The van der Waals surface area contributed by atoms with Gasteiger partial charge in [-0.2, -0.15) is 0 Å². The van der Waals surface area contributed by atoms with Crippen LogP contribution in [0.4, 0.5) is 13.2 Å². The number of hydrogen-bond donors (Lipinski definition) is 0. The van der Waals surface area contributed by atoms with Crippen LogP contribution in [0, 0.1) is 0 Å². The zero-order valence-corrected chi connectivity index (χ0v) is 9.23. The third kappa shape index (κ3) is 3.58. The standard InChI is InChI=1S/C10H8BrF3O/c1-7(6-11)8-4-2-3-5-9(8)15-10(12,13)14/h2-5H,1,6H2. The zero-order valence-electron chi connectivity index (χ0n) is 7.64. The Morgan fingerprint density at radius 1 is 1.33 bits per heavy atom. The minimum atomic E-state index is -4.68. The molecule has 0 spiro atoms. The normalized spacial score (nSPS) is 11.2. The number of para-hydroxylation sites is 1. The summed E-state index contributed by atoms with van der Waals surface area (Å²) in [5.74, 6) is -0.227. The van der Waals surface area contributed by atoms with Gasteiger partial charge < -0.3 is 4.74 Å². The highest BCUT2D eigenvalue weighted by Gasteiger charge is 2.32. The van der Waals surface area contributed by atoms with E-state index in [1.165, 1.54) is 18.2 Å². The quantitative estimate of drug-likeness (QED) is 0.761. The first-order valence-electron chi connectivity index (χ1n) is 4.03. The van der Waals surface area contributed by atoms with Crippen LogP contribution in [0.1, 0.15) is 5.56 Å². The topological polar surface area (TPSA) is 9.23 Å². The van der Waals surface area contributed by atoms with Gasteiger partial charge in [-0.15, -0.1) is 13.2 Å². The van der Waals surface area contributed by atoms with Crippen molar-refractivity contribution in [1.82, 2.24) is 0 Å². The van der Waals surface area contributed by atoms with Crippen molar-refractivity contribution < 1.29 is 17.9 Å². The average Bonchev–Trinajstić information content (AvgIpc) is 2.15. The molecule has 1 aromatic carbocycles. The summed E-state index contributed by atoms with van der Waals surface area (Å²) >= 11 is 3.13. The fourth-order valence-electron chi connectivity index (χ4n) is 1.04. The Morgan fingerprint density at radius 3 is 2.47 bits per heavy atom. The van der Waals surface area contributed by atoms with Crippen LogP contribution in [0.15, 0.2) is 30.8 Å². The molecule has 1 nitrogen and oxygen atoms in total. The Morgan fingerprint density at radius 2 is 1.93 bits per heavy atom. The molecule has 1 aromatic rings. The molecule has 0 atom stereocenters. The van der Waals surface area contributed by atoms with Gasteiger partial charge in [0.05, 0.1) is 0 Å². The molecule has 1 rings (SSSR count). The van der Waals surface area contributed by atoms with E-state index in [-0.39, 0.29) is 5.75 Å². The first-order chi connectivity index (χ1) is 6.94. The van der Waals surface area contributed by atoms with Gasteiger partial charge in [0.15, 0.2) is 0 Å². The number of benzene rings is 1. The molecule has 0 saturated heterocycles. The van der Waals surface area contributed by atoms with Gasteiger partial charge in [-0.05, 0) is 11.6 Å². The number of allylic oxidation sites excluding steroid dienone is 1. The van der Waals surface area contributed by atoms with Crippen molar-refractivity contribution >= 4 is 21.5 Å². The number of alkyl halides is 4. The summed E-state index contributed by atoms with van der Waals surface area (Å²) < 4.78 is 39.9. The van der Waals surface area contributed by atoms with E-state index in [4.69, 9.17) is 0 Å². The fraction of sp³-hybridized carbons (Fsp3) is 0.200. The van der Waals surface area contributed by atoms with Gasteiger partial charge in [0.25, 0.3) is 0 Å². The number of ether oxygens (including phenoxy) is 1. The van der Waals surface area contributed by atoms with Gasteiger partial charge in [0.1, 0.15) is 5.75 Å². The molecule has 0 radical (unpaired) electrons. The zero-order chi connectivity index (χ0) is 11.5. The van der Waals surface area contributed by atoms with Crippen LogP contribution < -0.4 is 4.74 Å². The molecule has 0 unspecified atom stereocenters. The van der Waals surface area contributed by atoms with Gasteiger partial charge in [-0.25, -0.2) is 0 Å². The van der Waals surface area contributed by atoms with E-state index in [0.29, 0.717) is 16.5 Å². The molecule has 0 amide bonds. The van der Waals surface area contributed by atoms with Crippen molar-refractivity contribution in [3.63, 3.8) is 0 Å². The lowest BCUT2D eigenvalue weighted by Crippen LogP contribution is -2.18. The smallest absolute Gasteiger partial charge is 0.405 e. The van der Waals surface area contributed by atoms with E-state index in [2.05, 4.69) is 27.2 Å². The van der Waals surface area contributed by atoms with Gasteiger partial charge in [-0.3, -0.25) is 0 Å². The van der Waals surface area contributed by atoms with Crippen molar-refractivity contribution in [2.24, 2.45) is 0 Å². The number of halogens is 4. The highest BCUT2D eigenvalue weighted by Crippen LogP contribution is 2.30. The van der Waals surface area contributed by atoms with Crippen LogP contribution in [0.25, 0.3) is 5.57 Å². The molecule has 0 aliphatic carbocycles. The first kappa shape index (κ1) is 12.1. The number of hydrogen-bond acceptors (Lipinski definition) is 1. The summed E-state index contributed by atoms with van der Waals surface area (Å²) in [6, 6.07) is 5.90. The predicted molar refractivity (Wildman–Crippen MR) is 56.0 cm³/mol. The van der Waals surface area contributed by atoms with Crippen LogP contribution >= 0.6 is 15.9 Å². The van der Waals surface area contributed by atoms with E-state index in [1.54, 1.807) is 6.07 Å². The van der Waals surface area contributed by atoms with E-state index in [9.17, 15) is 13.2 Å². The maximum Gasteiger partial charge on any atom is 0.573 e. The lowest BCUT2D eigenvalue weighted by Gasteiger charge is -2.13. The van der Waals surface area contributed by atoms with Crippen LogP contribution in [-0.4, -0.2) is 11.7 Å². The number of rotatable bonds is 3. The summed E-state index contributed by atoms with van der Waals surface area (Å²) in [5, 5.41) is 0.394. The second-order valence-corrected chi connectivity index (χ2v) is 3.34. The average molecular weight is 281 g/mol. The summed E-state index contributed by atoms with van der Waals surface area (Å²) in [6.07, 6.45) is -4.68. The molecule has 0 fully saturated rings. The predicted octanol–water partition coefficient (Wildman–Crippen LogP) is 3.99. The molecule has 15 heavy (non-hydrogen) atoms. The molecule has 0 aromatic heterocycles. The molecule has 82 valence electrons. The lowest BCUT2D eigenvalue weighted by molar-refractivity contribution is -0.274. The molecule has 5 heteroatoms. The van der Waals surface area contributed by atoms with Crippen molar-refractivity contribution in [3.05, 3.63) is 36.4 Å². The summed E-state index contributed by atoms with van der Waals surface area (Å²) in [4.78, 5) is 0. The van der Waals surface area contributed by atoms with Gasteiger partial charge >= 0.3 is 6.36 Å². The summed E-state index contributed by atoms with van der Waals surface area (Å²) in [7, 11) is 0. The van der Waals surface area contributed by atoms with Crippen LogP contribution in [0.3, 0.4) is 0 Å². The van der Waals surface area contributed by atoms with Gasteiger partial charge in [0, 0.05) is 10.9 Å². The van der Waals surface area contributed by atoms with Crippen LogP contribution in [-0.2, 0) is 0 Å². The minimum Gasteiger partial charge on any atom is -0.405 e. The molecule has 0 aliphatic heterocycles. The van der Waals surface area contributed by atoms with Crippen molar-refractivity contribution in [1.29, 1.82) is 0 Å². The van der Waals surface area contributed by atoms with Crippen molar-refractivity contribution in [3.8, 4) is 5.75 Å². The van der Waals surface area contributed by atoms with E-state index in [1.807, 2.05) is 0 Å². The Labute approximate surface area is 93.7 Å². The molecule has 0 aliphatic rings. The SMILES string of the molecule is C=C(CBr)c1ccccc1OC(F)(F)F. The van der Waals surface area contributed by atoms with Crippen molar-refractivity contribution in [2.45, 2.75) is 6.36 Å². The third-order valence-corrected chi connectivity index (χ3v) is 2.33. The highest BCUT2D eigenvalue weighted by atomic mass is 79.9. The first-order valence-corrected chi connectivity index (χ1v) is 5.15. The summed E-state index contributed by atoms with van der Waals surface area (Å²) in [6.45, 7) is 3.64. The highest BCUT2D eigenvalue weighted by molar-refractivity contribution is 9.09. The Hall–Kier alpha value is -0.970. The Kier molecular flexibility index (Phi) is 3.79. The second kappa shape index (κ2) is 4.70.